The average Bonchev–Trinajstić information content (AvgIpc) is 2.31. The summed E-state index contributed by atoms with van der Waals surface area (Å²) in [7, 11) is 1.64. The van der Waals surface area contributed by atoms with E-state index >= 15 is 0 Å². The number of hydrogen-bond donors (Lipinski definition) is 2. The van der Waals surface area contributed by atoms with E-state index in [0.717, 1.165) is 6.42 Å². The Balaban J connectivity index is 0. The predicted molar refractivity (Wildman–Crippen MR) is 62.7 cm³/mol. The quantitative estimate of drug-likeness (QED) is 0.466. The van der Waals surface area contributed by atoms with Gasteiger partial charge in [-0.2, -0.15) is 0 Å². The van der Waals surface area contributed by atoms with Gasteiger partial charge < -0.3 is 24.4 Å². The summed E-state index contributed by atoms with van der Waals surface area (Å²) in [4.78, 5) is 10.5. The van der Waals surface area contributed by atoms with Gasteiger partial charge in [0.1, 0.15) is 6.61 Å². The second-order valence-electron chi connectivity index (χ2n) is 3.14. The van der Waals surface area contributed by atoms with Crippen molar-refractivity contribution in [1.29, 1.82) is 0 Å². The second-order valence-corrected chi connectivity index (χ2v) is 3.14. The van der Waals surface area contributed by atoms with Crippen molar-refractivity contribution < 1.29 is 29.2 Å². The standard InChI is InChI=1S/C6H12O4.C5H12O2/c1-2-10-6(8)5-9-4-3-7;1-5(7-2)3-4-6/h7H,2-5H2,1H3;5-6H,3-4H2,1-2H3. The van der Waals surface area contributed by atoms with Crippen LogP contribution in [0.2, 0.25) is 0 Å². The molecular weight excluding hydrogens is 228 g/mol. The monoisotopic (exact) mass is 252 g/mol. The molecule has 0 rings (SSSR count). The summed E-state index contributed by atoms with van der Waals surface area (Å²) in [5.41, 5.74) is 0. The summed E-state index contributed by atoms with van der Waals surface area (Å²) >= 11 is 0. The lowest BCUT2D eigenvalue weighted by Crippen LogP contribution is -2.13. The molecule has 0 bridgehead atoms. The minimum absolute atomic E-state index is 0.0700. The molecule has 17 heavy (non-hydrogen) atoms. The number of hydrogen-bond acceptors (Lipinski definition) is 6. The summed E-state index contributed by atoms with van der Waals surface area (Å²) in [6.45, 7) is 4.27. The largest absolute Gasteiger partial charge is 0.464 e. The van der Waals surface area contributed by atoms with E-state index in [1.165, 1.54) is 0 Å². The summed E-state index contributed by atoms with van der Waals surface area (Å²) in [5.74, 6) is -0.393. The molecule has 0 aromatic carbocycles. The van der Waals surface area contributed by atoms with Crippen LogP contribution in [-0.2, 0) is 19.0 Å². The van der Waals surface area contributed by atoms with E-state index in [2.05, 4.69) is 9.47 Å². The Kier molecular flexibility index (Phi) is 16.8. The Labute approximate surface area is 102 Å². The van der Waals surface area contributed by atoms with Crippen LogP contribution in [0.25, 0.3) is 0 Å². The second kappa shape index (κ2) is 15.3. The van der Waals surface area contributed by atoms with Gasteiger partial charge in [0.05, 0.1) is 25.9 Å². The normalized spacial score (nSPS) is 11.4. The summed E-state index contributed by atoms with van der Waals surface area (Å²) in [6, 6.07) is 0. The predicted octanol–water partition coefficient (Wildman–Crippen LogP) is -0.0379. The lowest BCUT2D eigenvalue weighted by molar-refractivity contribution is -0.148. The lowest BCUT2D eigenvalue weighted by Gasteiger charge is -2.04. The average molecular weight is 252 g/mol. The van der Waals surface area contributed by atoms with E-state index < -0.39 is 5.97 Å². The molecule has 0 saturated carbocycles. The molecule has 0 aliphatic rings. The van der Waals surface area contributed by atoms with Crippen LogP contribution < -0.4 is 0 Å². The maximum atomic E-state index is 10.5. The lowest BCUT2D eigenvalue weighted by atomic mass is 10.3. The minimum atomic E-state index is -0.393. The zero-order valence-electron chi connectivity index (χ0n) is 10.8. The van der Waals surface area contributed by atoms with E-state index in [9.17, 15) is 4.79 Å². The maximum absolute atomic E-state index is 10.5. The van der Waals surface area contributed by atoms with Crippen molar-refractivity contribution in [3.63, 3.8) is 0 Å². The first-order valence-electron chi connectivity index (χ1n) is 5.60. The highest BCUT2D eigenvalue weighted by atomic mass is 16.6. The number of methoxy groups -OCH3 is 1. The zero-order valence-corrected chi connectivity index (χ0v) is 10.8. The first kappa shape index (κ1) is 18.7. The molecular formula is C11H24O6. The third kappa shape index (κ3) is 17.9. The molecule has 6 nitrogen and oxygen atoms in total. The van der Waals surface area contributed by atoms with Gasteiger partial charge in [-0.05, 0) is 20.3 Å². The Bertz CT molecular complexity index is 162. The van der Waals surface area contributed by atoms with Gasteiger partial charge in [-0.1, -0.05) is 0 Å². The van der Waals surface area contributed by atoms with Crippen molar-refractivity contribution in [3.05, 3.63) is 0 Å². The van der Waals surface area contributed by atoms with Crippen LogP contribution >= 0.6 is 0 Å². The van der Waals surface area contributed by atoms with Crippen molar-refractivity contribution in [2.45, 2.75) is 26.4 Å². The molecule has 0 heterocycles. The van der Waals surface area contributed by atoms with Crippen LogP contribution in [0.5, 0.6) is 0 Å². The van der Waals surface area contributed by atoms with Gasteiger partial charge in [-0.25, -0.2) is 4.79 Å². The van der Waals surface area contributed by atoms with Crippen LogP contribution in [0, 0.1) is 0 Å². The highest BCUT2D eigenvalue weighted by molar-refractivity contribution is 5.70. The van der Waals surface area contributed by atoms with E-state index in [1.54, 1.807) is 14.0 Å². The highest BCUT2D eigenvalue weighted by Crippen LogP contribution is 1.91. The van der Waals surface area contributed by atoms with Crippen molar-refractivity contribution in [2.24, 2.45) is 0 Å². The fourth-order valence-electron chi connectivity index (χ4n) is 0.722. The van der Waals surface area contributed by atoms with Crippen LogP contribution in [0.4, 0.5) is 0 Å². The van der Waals surface area contributed by atoms with Crippen LogP contribution in [0.15, 0.2) is 0 Å². The fraction of sp³-hybridized carbons (Fsp3) is 0.909. The molecule has 1 unspecified atom stereocenters. The van der Waals surface area contributed by atoms with E-state index in [1.807, 2.05) is 6.92 Å². The topological polar surface area (TPSA) is 85.2 Å². The number of rotatable bonds is 8. The van der Waals surface area contributed by atoms with Gasteiger partial charge in [0, 0.05) is 13.7 Å². The zero-order chi connectivity index (χ0) is 13.5. The molecule has 6 heteroatoms. The van der Waals surface area contributed by atoms with Gasteiger partial charge in [-0.3, -0.25) is 0 Å². The molecule has 1 atom stereocenters. The minimum Gasteiger partial charge on any atom is -0.464 e. The number of esters is 1. The Morgan fingerprint density at radius 1 is 1.29 bits per heavy atom. The number of carbonyl (C=O) groups is 1. The third-order valence-electron chi connectivity index (χ3n) is 1.70. The Morgan fingerprint density at radius 3 is 2.29 bits per heavy atom. The van der Waals surface area contributed by atoms with Gasteiger partial charge in [0.25, 0.3) is 0 Å². The molecule has 0 spiro atoms. The summed E-state index contributed by atoms with van der Waals surface area (Å²) in [5, 5.41) is 16.5. The van der Waals surface area contributed by atoms with E-state index in [4.69, 9.17) is 14.9 Å². The van der Waals surface area contributed by atoms with Gasteiger partial charge in [0.2, 0.25) is 0 Å². The Hall–Kier alpha value is -0.690. The molecule has 0 radical (unpaired) electrons. The maximum Gasteiger partial charge on any atom is 0.332 e. The van der Waals surface area contributed by atoms with Crippen LogP contribution in [-0.4, -0.2) is 62.4 Å². The number of aliphatic hydroxyl groups excluding tert-OH is 2. The van der Waals surface area contributed by atoms with Gasteiger partial charge in [-0.15, -0.1) is 0 Å². The molecule has 0 aromatic heterocycles. The Morgan fingerprint density at radius 2 is 1.94 bits per heavy atom. The van der Waals surface area contributed by atoms with Gasteiger partial charge >= 0.3 is 5.97 Å². The number of aliphatic hydroxyl groups is 2. The first-order chi connectivity index (χ1) is 8.12. The molecule has 2 N–H and O–H groups in total. The van der Waals surface area contributed by atoms with E-state index in [0.29, 0.717) is 6.61 Å². The number of carbonyl (C=O) groups excluding carboxylic acids is 1. The van der Waals surface area contributed by atoms with Gasteiger partial charge in [0.15, 0.2) is 0 Å². The summed E-state index contributed by atoms with van der Waals surface area (Å²) < 4.78 is 14.0. The molecule has 0 fully saturated rings. The third-order valence-corrected chi connectivity index (χ3v) is 1.70. The smallest absolute Gasteiger partial charge is 0.332 e. The van der Waals surface area contributed by atoms with Crippen molar-refractivity contribution in [1.82, 2.24) is 0 Å². The summed E-state index contributed by atoms with van der Waals surface area (Å²) in [6.07, 6.45) is 0.932. The fourth-order valence-corrected chi connectivity index (χ4v) is 0.722. The molecule has 0 saturated heterocycles. The van der Waals surface area contributed by atoms with Crippen molar-refractivity contribution in [3.8, 4) is 0 Å². The van der Waals surface area contributed by atoms with E-state index in [-0.39, 0.29) is 32.5 Å². The SMILES string of the molecule is CCOC(=O)COCCO.COC(C)CCO. The van der Waals surface area contributed by atoms with Crippen molar-refractivity contribution >= 4 is 5.97 Å². The molecule has 104 valence electrons. The number of ether oxygens (including phenoxy) is 3. The molecule has 0 aliphatic heterocycles. The van der Waals surface area contributed by atoms with Crippen molar-refractivity contribution in [2.75, 3.05) is 40.1 Å². The molecule has 0 aliphatic carbocycles. The van der Waals surface area contributed by atoms with Crippen LogP contribution in [0.3, 0.4) is 0 Å². The molecule has 0 amide bonds. The molecule has 0 aromatic rings. The first-order valence-corrected chi connectivity index (χ1v) is 5.60. The highest BCUT2D eigenvalue weighted by Gasteiger charge is 1.98. The van der Waals surface area contributed by atoms with Crippen LogP contribution in [0.1, 0.15) is 20.3 Å².